The number of nitrogens with one attached hydrogen (secondary N) is 1. The number of allylic oxidation sites excluding steroid dienone is 2. The topological polar surface area (TPSA) is 33.6 Å². The summed E-state index contributed by atoms with van der Waals surface area (Å²) in [6.07, 6.45) is 7.71. The Morgan fingerprint density at radius 3 is 2.47 bits per heavy atom. The predicted molar refractivity (Wildman–Crippen MR) is 149 cm³/mol. The van der Waals surface area contributed by atoms with E-state index in [1.807, 2.05) is 54.7 Å². The molecule has 0 spiro atoms. The summed E-state index contributed by atoms with van der Waals surface area (Å²) in [5.41, 5.74) is 7.03. The highest BCUT2D eigenvalue weighted by molar-refractivity contribution is 6.30. The third kappa shape index (κ3) is 4.80. The molecule has 1 aliphatic carbocycles. The van der Waals surface area contributed by atoms with Gasteiger partial charge in [-0.15, -0.1) is 0 Å². The molecule has 4 aromatic rings. The van der Waals surface area contributed by atoms with Crippen molar-refractivity contribution in [2.75, 3.05) is 5.32 Å². The van der Waals surface area contributed by atoms with Gasteiger partial charge >= 0.3 is 0 Å². The van der Waals surface area contributed by atoms with Gasteiger partial charge in [0.05, 0.1) is 11.7 Å². The van der Waals surface area contributed by atoms with E-state index in [4.69, 9.17) is 16.3 Å². The molecule has 4 heteroatoms. The summed E-state index contributed by atoms with van der Waals surface area (Å²) < 4.78 is 5.87. The van der Waals surface area contributed by atoms with Crippen LogP contribution in [0, 0.1) is 5.92 Å². The van der Waals surface area contributed by atoms with Crippen LogP contribution in [0.4, 0.5) is 11.4 Å². The Hall–Kier alpha value is -3.82. The molecule has 0 fully saturated rings. The molecule has 1 aliphatic heterocycles. The van der Waals surface area contributed by atoms with Gasteiger partial charge in [0.2, 0.25) is 0 Å². The monoisotopic (exact) mass is 490 g/mol. The summed E-state index contributed by atoms with van der Waals surface area (Å²) in [5.74, 6) is 1.87. The first-order chi connectivity index (χ1) is 17.7. The molecule has 6 rings (SSSR count). The lowest BCUT2D eigenvalue weighted by Crippen LogP contribution is -2.28. The van der Waals surface area contributed by atoms with Crippen LogP contribution >= 0.6 is 11.6 Å². The molecule has 0 amide bonds. The Bertz CT molecular complexity index is 1390. The van der Waals surface area contributed by atoms with Crippen LogP contribution in [0.2, 0.25) is 5.02 Å². The van der Waals surface area contributed by atoms with Gasteiger partial charge in [0, 0.05) is 22.8 Å². The molecule has 0 aromatic heterocycles. The standard InChI is InChI=1S/C32H27ClN2O/c33-25-14-8-23(9-15-25)21-36-27-18-10-22(11-19-27)20-34-26-16-12-24(13-17-26)32-30-6-3-5-28(30)29-4-1-2-7-31(29)35-32/h1-5,7-20,28,30,32,35H,6,21H2/t28-,30-,32+/m1/s1. The molecule has 36 heavy (non-hydrogen) atoms. The third-order valence-electron chi connectivity index (χ3n) is 7.09. The molecular weight excluding hydrogens is 464 g/mol. The molecule has 1 heterocycles. The van der Waals surface area contributed by atoms with E-state index in [1.54, 1.807) is 0 Å². The van der Waals surface area contributed by atoms with Gasteiger partial charge in [-0.25, -0.2) is 0 Å². The maximum absolute atomic E-state index is 5.94. The number of halogens is 1. The SMILES string of the molecule is Clc1ccc(COc2ccc(C=Nc3ccc([C@@H]4Nc5ccccc5[C@H]5C=CC[C@H]54)cc3)cc2)cc1. The van der Waals surface area contributed by atoms with E-state index in [0.717, 1.165) is 34.0 Å². The molecule has 0 bridgehead atoms. The summed E-state index contributed by atoms with van der Waals surface area (Å²) >= 11 is 5.94. The number of ether oxygens (including phenoxy) is 1. The van der Waals surface area contributed by atoms with Gasteiger partial charge in [-0.3, -0.25) is 4.99 Å². The fraction of sp³-hybridized carbons (Fsp3) is 0.156. The number of rotatable bonds is 6. The highest BCUT2D eigenvalue weighted by atomic mass is 35.5. The maximum atomic E-state index is 5.94. The first-order valence-electron chi connectivity index (χ1n) is 12.4. The number of aliphatic imine (C=N–C) groups is 1. The van der Waals surface area contributed by atoms with E-state index < -0.39 is 0 Å². The Morgan fingerprint density at radius 2 is 1.67 bits per heavy atom. The second-order valence-electron chi connectivity index (χ2n) is 9.40. The highest BCUT2D eigenvalue weighted by Gasteiger charge is 2.37. The Balaban J connectivity index is 1.10. The van der Waals surface area contributed by atoms with E-state index in [9.17, 15) is 0 Å². The van der Waals surface area contributed by atoms with Crippen molar-refractivity contribution in [1.82, 2.24) is 0 Å². The van der Waals surface area contributed by atoms with Crippen molar-refractivity contribution in [2.45, 2.75) is 25.0 Å². The number of hydrogen-bond donors (Lipinski definition) is 1. The fourth-order valence-corrected chi connectivity index (χ4v) is 5.31. The van der Waals surface area contributed by atoms with E-state index in [1.165, 1.54) is 16.8 Å². The number of anilines is 1. The molecule has 1 N–H and O–H groups in total. The predicted octanol–water partition coefficient (Wildman–Crippen LogP) is 8.50. The van der Waals surface area contributed by atoms with Gasteiger partial charge < -0.3 is 10.1 Å². The molecule has 178 valence electrons. The van der Waals surface area contributed by atoms with Gasteiger partial charge in [-0.05, 0) is 89.2 Å². The quantitative estimate of drug-likeness (QED) is 0.217. The van der Waals surface area contributed by atoms with Crippen LogP contribution in [0.25, 0.3) is 0 Å². The second-order valence-corrected chi connectivity index (χ2v) is 9.83. The third-order valence-corrected chi connectivity index (χ3v) is 7.34. The lowest BCUT2D eigenvalue weighted by atomic mass is 9.77. The van der Waals surface area contributed by atoms with Crippen LogP contribution in [-0.2, 0) is 6.61 Å². The highest BCUT2D eigenvalue weighted by Crippen LogP contribution is 2.49. The lowest BCUT2D eigenvalue weighted by Gasteiger charge is -2.37. The molecule has 0 radical (unpaired) electrons. The van der Waals surface area contributed by atoms with Crippen LogP contribution in [0.3, 0.4) is 0 Å². The number of nitrogens with zero attached hydrogens (tertiary/aromatic N) is 1. The van der Waals surface area contributed by atoms with Crippen molar-refractivity contribution in [3.63, 3.8) is 0 Å². The first kappa shape index (κ1) is 22.6. The lowest BCUT2D eigenvalue weighted by molar-refractivity contribution is 0.306. The number of hydrogen-bond acceptors (Lipinski definition) is 3. The molecule has 2 aliphatic rings. The minimum absolute atomic E-state index is 0.304. The summed E-state index contributed by atoms with van der Waals surface area (Å²) in [6, 6.07) is 33.3. The van der Waals surface area contributed by atoms with Gasteiger partial charge in [-0.1, -0.05) is 66.2 Å². The zero-order valence-corrected chi connectivity index (χ0v) is 20.6. The number of para-hydroxylation sites is 1. The van der Waals surface area contributed by atoms with E-state index in [2.05, 4.69) is 71.0 Å². The molecule has 0 unspecified atom stereocenters. The Morgan fingerprint density at radius 1 is 0.889 bits per heavy atom. The van der Waals surface area contributed by atoms with E-state index >= 15 is 0 Å². The summed E-state index contributed by atoms with van der Waals surface area (Å²) in [6.45, 7) is 0.510. The number of fused-ring (bicyclic) bond motifs is 3. The minimum atomic E-state index is 0.304. The molecular formula is C32H27ClN2O. The van der Waals surface area contributed by atoms with Gasteiger partial charge in [0.15, 0.2) is 0 Å². The zero-order valence-electron chi connectivity index (χ0n) is 19.8. The smallest absolute Gasteiger partial charge is 0.119 e. The molecule has 3 atom stereocenters. The maximum Gasteiger partial charge on any atom is 0.119 e. The van der Waals surface area contributed by atoms with Crippen molar-refractivity contribution in [3.05, 3.63) is 136 Å². The van der Waals surface area contributed by atoms with E-state index in [0.29, 0.717) is 24.5 Å². The van der Waals surface area contributed by atoms with Crippen molar-refractivity contribution in [3.8, 4) is 5.75 Å². The van der Waals surface area contributed by atoms with Gasteiger partial charge in [0.1, 0.15) is 12.4 Å². The average Bonchev–Trinajstić information content (AvgIpc) is 3.43. The van der Waals surface area contributed by atoms with Crippen molar-refractivity contribution < 1.29 is 4.74 Å². The van der Waals surface area contributed by atoms with Crippen LogP contribution in [0.15, 0.2) is 114 Å². The van der Waals surface area contributed by atoms with Crippen LogP contribution in [0.5, 0.6) is 5.75 Å². The normalized spacial score (nSPS) is 20.1. The average molecular weight is 491 g/mol. The van der Waals surface area contributed by atoms with Crippen LogP contribution < -0.4 is 10.1 Å². The molecule has 0 saturated carbocycles. The van der Waals surface area contributed by atoms with Crippen molar-refractivity contribution in [1.29, 1.82) is 0 Å². The number of benzene rings is 4. The summed E-state index contributed by atoms with van der Waals surface area (Å²) in [7, 11) is 0. The Labute approximate surface area is 217 Å². The van der Waals surface area contributed by atoms with Gasteiger partial charge in [-0.2, -0.15) is 0 Å². The van der Waals surface area contributed by atoms with Crippen molar-refractivity contribution >= 4 is 29.2 Å². The molecule has 0 saturated heterocycles. The fourth-order valence-electron chi connectivity index (χ4n) is 5.19. The van der Waals surface area contributed by atoms with Crippen LogP contribution in [-0.4, -0.2) is 6.21 Å². The van der Waals surface area contributed by atoms with E-state index in [-0.39, 0.29) is 0 Å². The minimum Gasteiger partial charge on any atom is -0.489 e. The summed E-state index contributed by atoms with van der Waals surface area (Å²) in [4.78, 5) is 4.69. The second kappa shape index (κ2) is 10.0. The zero-order chi connectivity index (χ0) is 24.3. The molecule has 4 aromatic carbocycles. The van der Waals surface area contributed by atoms with Gasteiger partial charge in [0.25, 0.3) is 0 Å². The van der Waals surface area contributed by atoms with Crippen LogP contribution in [0.1, 0.15) is 40.6 Å². The van der Waals surface area contributed by atoms with Crippen molar-refractivity contribution in [2.24, 2.45) is 10.9 Å². The Kier molecular flexibility index (Phi) is 6.31. The first-order valence-corrected chi connectivity index (χ1v) is 12.7. The largest absolute Gasteiger partial charge is 0.489 e. The molecule has 3 nitrogen and oxygen atoms in total. The summed E-state index contributed by atoms with van der Waals surface area (Å²) in [5, 5.41) is 4.52.